The molecule has 5 rings (SSSR count). The van der Waals surface area contributed by atoms with Crippen molar-refractivity contribution >= 4 is 0 Å². The number of likely N-dealkylation sites (tertiary alicyclic amines) is 1. The predicted octanol–water partition coefficient (Wildman–Crippen LogP) is 3.11. The van der Waals surface area contributed by atoms with Gasteiger partial charge < -0.3 is 13.4 Å². The molecular weight excluding hydrogens is 348 g/mol. The molecule has 1 aliphatic rings. The SMILES string of the molecule is c1ccc(-c2noc([C@@H]3CCCN3Cc3nnc(-c4ccco4)o3)n2)nc1. The summed E-state index contributed by atoms with van der Waals surface area (Å²) in [5, 5.41) is 12.2. The van der Waals surface area contributed by atoms with Gasteiger partial charge in [0.1, 0.15) is 5.69 Å². The standard InChI is InChI=1S/C18H16N6O3/c1-2-8-19-12(5-1)16-20-17(27-23-16)13-6-3-9-24(13)11-15-21-22-18(26-15)14-7-4-10-25-14/h1-2,4-5,7-8,10,13H,3,6,9,11H2/t13-/m0/s1. The van der Waals surface area contributed by atoms with Gasteiger partial charge in [-0.1, -0.05) is 11.2 Å². The minimum Gasteiger partial charge on any atom is -0.459 e. The molecule has 0 aromatic carbocycles. The van der Waals surface area contributed by atoms with Crippen molar-refractivity contribution in [3.8, 4) is 23.2 Å². The molecule has 0 amide bonds. The Labute approximate surface area is 154 Å². The molecule has 5 heterocycles. The van der Waals surface area contributed by atoms with Gasteiger partial charge in [-0.15, -0.1) is 10.2 Å². The van der Waals surface area contributed by atoms with Gasteiger partial charge >= 0.3 is 0 Å². The van der Waals surface area contributed by atoms with Crippen LogP contribution in [0.5, 0.6) is 0 Å². The third-order valence-electron chi connectivity index (χ3n) is 4.52. The zero-order valence-corrected chi connectivity index (χ0v) is 14.4. The quantitative estimate of drug-likeness (QED) is 0.528. The number of hydrogen-bond donors (Lipinski definition) is 0. The van der Waals surface area contributed by atoms with Gasteiger partial charge in [0.05, 0.1) is 18.8 Å². The van der Waals surface area contributed by atoms with Gasteiger partial charge in [-0.05, 0) is 43.7 Å². The molecule has 0 bridgehead atoms. The first kappa shape index (κ1) is 15.9. The maximum absolute atomic E-state index is 5.71. The van der Waals surface area contributed by atoms with Crippen molar-refractivity contribution in [2.45, 2.75) is 25.4 Å². The number of hydrogen-bond acceptors (Lipinski definition) is 9. The molecule has 1 fully saturated rings. The van der Waals surface area contributed by atoms with E-state index in [0.29, 0.717) is 41.5 Å². The zero-order chi connectivity index (χ0) is 18.1. The molecule has 0 unspecified atom stereocenters. The Morgan fingerprint density at radius 3 is 3.00 bits per heavy atom. The molecule has 4 aromatic heterocycles. The van der Waals surface area contributed by atoms with Crippen LogP contribution < -0.4 is 0 Å². The molecule has 1 aliphatic heterocycles. The first-order valence-electron chi connectivity index (χ1n) is 8.72. The van der Waals surface area contributed by atoms with Crippen LogP contribution in [0.1, 0.15) is 30.7 Å². The number of nitrogens with zero attached hydrogens (tertiary/aromatic N) is 6. The zero-order valence-electron chi connectivity index (χ0n) is 14.4. The summed E-state index contributed by atoms with van der Waals surface area (Å²) in [6.45, 7) is 1.41. The number of pyridine rings is 1. The highest BCUT2D eigenvalue weighted by atomic mass is 16.5. The molecule has 0 radical (unpaired) electrons. The Morgan fingerprint density at radius 1 is 1.15 bits per heavy atom. The molecule has 27 heavy (non-hydrogen) atoms. The van der Waals surface area contributed by atoms with Crippen LogP contribution in [0, 0.1) is 0 Å². The monoisotopic (exact) mass is 364 g/mol. The van der Waals surface area contributed by atoms with E-state index in [2.05, 4.69) is 30.2 Å². The minimum atomic E-state index is 0.0222. The predicted molar refractivity (Wildman–Crippen MR) is 91.9 cm³/mol. The summed E-state index contributed by atoms with van der Waals surface area (Å²) in [6, 6.07) is 9.19. The smallest absolute Gasteiger partial charge is 0.283 e. The van der Waals surface area contributed by atoms with Crippen LogP contribution in [0.3, 0.4) is 0 Å². The maximum Gasteiger partial charge on any atom is 0.283 e. The molecule has 1 atom stereocenters. The Morgan fingerprint density at radius 2 is 2.15 bits per heavy atom. The normalized spacial score (nSPS) is 17.6. The maximum atomic E-state index is 5.71. The second kappa shape index (κ2) is 6.76. The van der Waals surface area contributed by atoms with Crippen LogP contribution in [0.4, 0.5) is 0 Å². The molecule has 9 nitrogen and oxygen atoms in total. The summed E-state index contributed by atoms with van der Waals surface area (Å²) >= 11 is 0. The summed E-state index contributed by atoms with van der Waals surface area (Å²) in [5.41, 5.74) is 0.692. The summed E-state index contributed by atoms with van der Waals surface area (Å²) < 4.78 is 16.5. The Balaban J connectivity index is 1.33. The highest BCUT2D eigenvalue weighted by Crippen LogP contribution is 2.33. The second-order valence-corrected chi connectivity index (χ2v) is 6.28. The molecule has 4 aromatic rings. The van der Waals surface area contributed by atoms with Crippen molar-refractivity contribution in [3.63, 3.8) is 0 Å². The van der Waals surface area contributed by atoms with E-state index in [1.54, 1.807) is 24.6 Å². The second-order valence-electron chi connectivity index (χ2n) is 6.28. The fourth-order valence-electron chi connectivity index (χ4n) is 3.26. The van der Waals surface area contributed by atoms with Gasteiger partial charge in [0.15, 0.2) is 5.76 Å². The van der Waals surface area contributed by atoms with Crippen LogP contribution in [-0.4, -0.2) is 36.8 Å². The minimum absolute atomic E-state index is 0.0222. The lowest BCUT2D eigenvalue weighted by Crippen LogP contribution is -2.23. The van der Waals surface area contributed by atoms with Crippen molar-refractivity contribution in [3.05, 3.63) is 54.6 Å². The molecule has 1 saturated heterocycles. The van der Waals surface area contributed by atoms with Crippen molar-refractivity contribution in [1.82, 2.24) is 30.2 Å². The van der Waals surface area contributed by atoms with Gasteiger partial charge in [-0.25, -0.2) is 0 Å². The molecule has 9 heteroatoms. The van der Waals surface area contributed by atoms with E-state index in [9.17, 15) is 0 Å². The summed E-state index contributed by atoms with van der Waals surface area (Å²) in [7, 11) is 0. The van der Waals surface area contributed by atoms with Crippen molar-refractivity contribution < 1.29 is 13.4 Å². The molecule has 0 aliphatic carbocycles. The lowest BCUT2D eigenvalue weighted by molar-refractivity contribution is 0.186. The Hall–Kier alpha value is -3.33. The number of aromatic nitrogens is 5. The molecule has 136 valence electrons. The average Bonchev–Trinajstić information content (AvgIpc) is 3.48. The summed E-state index contributed by atoms with van der Waals surface area (Å²) in [6.07, 6.45) is 5.25. The fourth-order valence-corrected chi connectivity index (χ4v) is 3.26. The number of furan rings is 1. The Bertz CT molecular complexity index is 1010. The van der Waals surface area contributed by atoms with Crippen molar-refractivity contribution in [2.75, 3.05) is 6.54 Å². The van der Waals surface area contributed by atoms with E-state index in [0.717, 1.165) is 19.4 Å². The first-order chi connectivity index (χ1) is 13.4. The van der Waals surface area contributed by atoms with Gasteiger partial charge in [-0.3, -0.25) is 9.88 Å². The molecule has 0 saturated carbocycles. The van der Waals surface area contributed by atoms with Crippen molar-refractivity contribution in [2.24, 2.45) is 0 Å². The van der Waals surface area contributed by atoms with Gasteiger partial charge in [-0.2, -0.15) is 4.98 Å². The lowest BCUT2D eigenvalue weighted by atomic mass is 10.2. The summed E-state index contributed by atoms with van der Waals surface area (Å²) in [4.78, 5) is 11.0. The molecule has 0 spiro atoms. The van der Waals surface area contributed by atoms with Gasteiger partial charge in [0.25, 0.3) is 5.89 Å². The average molecular weight is 364 g/mol. The number of rotatable bonds is 5. The van der Waals surface area contributed by atoms with Crippen molar-refractivity contribution in [1.29, 1.82) is 0 Å². The van der Waals surface area contributed by atoms with Gasteiger partial charge in [0.2, 0.25) is 17.6 Å². The largest absolute Gasteiger partial charge is 0.459 e. The van der Waals surface area contributed by atoms with E-state index in [-0.39, 0.29) is 6.04 Å². The molecular formula is C18H16N6O3. The van der Waals surface area contributed by atoms with Crippen LogP contribution in [0.15, 0.2) is 56.1 Å². The third-order valence-corrected chi connectivity index (χ3v) is 4.52. The fraction of sp³-hybridized carbons (Fsp3) is 0.278. The van der Waals surface area contributed by atoms with E-state index < -0.39 is 0 Å². The highest BCUT2D eigenvalue weighted by Gasteiger charge is 2.32. The van der Waals surface area contributed by atoms with Gasteiger partial charge in [0, 0.05) is 6.20 Å². The Kier molecular flexibility index (Phi) is 3.98. The van der Waals surface area contributed by atoms with Crippen LogP contribution in [-0.2, 0) is 6.54 Å². The van der Waals surface area contributed by atoms with E-state index in [1.165, 1.54) is 0 Å². The summed E-state index contributed by atoms with van der Waals surface area (Å²) in [5.74, 6) is 2.54. The topological polar surface area (TPSA) is 107 Å². The lowest BCUT2D eigenvalue weighted by Gasteiger charge is -2.18. The van der Waals surface area contributed by atoms with Crippen LogP contribution in [0.25, 0.3) is 23.2 Å². The third kappa shape index (κ3) is 3.13. The van der Waals surface area contributed by atoms with E-state index >= 15 is 0 Å². The van der Waals surface area contributed by atoms with E-state index in [4.69, 9.17) is 13.4 Å². The molecule has 0 N–H and O–H groups in total. The van der Waals surface area contributed by atoms with Crippen LogP contribution in [0.2, 0.25) is 0 Å². The van der Waals surface area contributed by atoms with E-state index in [1.807, 2.05) is 18.2 Å². The van der Waals surface area contributed by atoms with Crippen LogP contribution >= 0.6 is 0 Å². The highest BCUT2D eigenvalue weighted by molar-refractivity contribution is 5.47. The first-order valence-corrected chi connectivity index (χ1v) is 8.72.